The number of para-hydroxylation sites is 1. The maximum absolute atomic E-state index is 11.1. The number of nitro benzene ring substituents is 1. The van der Waals surface area contributed by atoms with E-state index in [4.69, 9.17) is 15.1 Å². The van der Waals surface area contributed by atoms with Crippen LogP contribution >= 0.6 is 0 Å². The maximum Gasteiger partial charge on any atom is 0.326 e. The summed E-state index contributed by atoms with van der Waals surface area (Å²) < 4.78 is 4.79. The van der Waals surface area contributed by atoms with E-state index in [1.54, 1.807) is 6.07 Å². The molecule has 0 aromatic heterocycles. The average Bonchev–Trinajstić information content (AvgIpc) is 2.42. The highest BCUT2D eigenvalue weighted by atomic mass is 16.6. The number of methoxy groups -OCH3 is 1. The van der Waals surface area contributed by atoms with Crippen LogP contribution in [0.1, 0.15) is 12.0 Å². The molecule has 0 saturated heterocycles. The normalized spacial score (nSPS) is 11.4. The van der Waals surface area contributed by atoms with Crippen molar-refractivity contribution in [3.05, 3.63) is 33.9 Å². The van der Waals surface area contributed by atoms with Crippen molar-refractivity contribution in [2.75, 3.05) is 19.0 Å². The number of carbonyl (C=O) groups is 1. The summed E-state index contributed by atoms with van der Waals surface area (Å²) in [7, 11) is 1.43. The number of rotatable bonds is 7. The van der Waals surface area contributed by atoms with E-state index in [9.17, 15) is 14.9 Å². The molecule has 0 saturated carbocycles. The van der Waals surface area contributed by atoms with Gasteiger partial charge in [0.15, 0.2) is 0 Å². The first-order valence-electron chi connectivity index (χ1n) is 5.67. The molecule has 20 heavy (non-hydrogen) atoms. The Kier molecular flexibility index (Phi) is 5.43. The van der Waals surface area contributed by atoms with Crippen LogP contribution in [0.4, 0.5) is 11.4 Å². The molecule has 2 N–H and O–H groups in total. The predicted molar refractivity (Wildman–Crippen MR) is 69.4 cm³/mol. The number of nitriles is 1. The number of hydrogen-bond donors (Lipinski definition) is 2. The number of anilines is 1. The lowest BCUT2D eigenvalue weighted by Crippen LogP contribution is -2.30. The molecule has 0 aliphatic rings. The second-order valence-electron chi connectivity index (χ2n) is 3.89. The number of benzene rings is 1. The summed E-state index contributed by atoms with van der Waals surface area (Å²) in [6.45, 7) is 0.190. The Hall–Kier alpha value is -2.66. The van der Waals surface area contributed by atoms with Crippen molar-refractivity contribution in [1.82, 2.24) is 0 Å². The van der Waals surface area contributed by atoms with Gasteiger partial charge in [-0.15, -0.1) is 0 Å². The fourth-order valence-corrected chi connectivity index (χ4v) is 1.63. The summed E-state index contributed by atoms with van der Waals surface area (Å²) in [6.07, 6.45) is 0.139. The van der Waals surface area contributed by atoms with E-state index in [0.717, 1.165) is 0 Å². The van der Waals surface area contributed by atoms with E-state index < -0.39 is 22.6 Å². The Labute approximate surface area is 114 Å². The Morgan fingerprint density at radius 3 is 2.85 bits per heavy atom. The molecule has 1 aromatic rings. The number of carboxylic acids is 1. The largest absolute Gasteiger partial charge is 0.480 e. The van der Waals surface area contributed by atoms with Crippen LogP contribution in [-0.4, -0.2) is 35.8 Å². The molecule has 1 unspecified atom stereocenters. The lowest BCUT2D eigenvalue weighted by Gasteiger charge is -2.15. The maximum atomic E-state index is 11.1. The van der Waals surface area contributed by atoms with Gasteiger partial charge in [-0.25, -0.2) is 4.79 Å². The van der Waals surface area contributed by atoms with Crippen LogP contribution in [0.15, 0.2) is 18.2 Å². The number of ether oxygens (including phenoxy) is 1. The molecule has 0 spiro atoms. The van der Waals surface area contributed by atoms with Gasteiger partial charge in [-0.3, -0.25) is 10.1 Å². The average molecular weight is 279 g/mol. The minimum Gasteiger partial charge on any atom is -0.480 e. The SMILES string of the molecule is COCCC(Nc1cccc(C#N)c1[N+](=O)[O-])C(=O)O. The molecule has 0 fully saturated rings. The number of nitro groups is 1. The number of carboxylic acid groups (broad SMARTS) is 1. The van der Waals surface area contributed by atoms with E-state index in [1.165, 1.54) is 25.3 Å². The molecule has 1 atom stereocenters. The molecule has 1 aromatic carbocycles. The molecule has 106 valence electrons. The van der Waals surface area contributed by atoms with Gasteiger partial charge in [-0.2, -0.15) is 5.26 Å². The second kappa shape index (κ2) is 7.06. The quantitative estimate of drug-likeness (QED) is 0.570. The van der Waals surface area contributed by atoms with Crippen molar-refractivity contribution >= 4 is 17.3 Å². The van der Waals surface area contributed by atoms with Crippen LogP contribution in [0.25, 0.3) is 0 Å². The van der Waals surface area contributed by atoms with E-state index in [1.807, 2.05) is 0 Å². The third-order valence-electron chi connectivity index (χ3n) is 2.58. The van der Waals surface area contributed by atoms with Gasteiger partial charge in [0, 0.05) is 20.1 Å². The minimum atomic E-state index is -1.15. The molecule has 8 nitrogen and oxygen atoms in total. The third kappa shape index (κ3) is 3.66. The van der Waals surface area contributed by atoms with Crippen LogP contribution < -0.4 is 5.32 Å². The Morgan fingerprint density at radius 1 is 1.65 bits per heavy atom. The van der Waals surface area contributed by atoms with Crippen molar-refractivity contribution in [2.45, 2.75) is 12.5 Å². The molecule has 0 radical (unpaired) electrons. The number of aliphatic carboxylic acids is 1. The summed E-state index contributed by atoms with van der Waals surface area (Å²) in [6, 6.07) is 4.78. The summed E-state index contributed by atoms with van der Waals surface area (Å²) in [4.78, 5) is 21.4. The highest BCUT2D eigenvalue weighted by molar-refractivity contribution is 5.80. The minimum absolute atomic E-state index is 0.00227. The predicted octanol–water partition coefficient (Wildman–Crippen LogP) is 1.37. The fourth-order valence-electron chi connectivity index (χ4n) is 1.63. The molecule has 1 rings (SSSR count). The van der Waals surface area contributed by atoms with Gasteiger partial charge in [0.25, 0.3) is 0 Å². The molecular formula is C12H13N3O5. The molecule has 0 aliphatic heterocycles. The zero-order valence-electron chi connectivity index (χ0n) is 10.7. The van der Waals surface area contributed by atoms with Crippen molar-refractivity contribution in [3.63, 3.8) is 0 Å². The summed E-state index contributed by atoms with van der Waals surface area (Å²) in [5.74, 6) is -1.15. The van der Waals surface area contributed by atoms with E-state index >= 15 is 0 Å². The Balaban J connectivity index is 3.10. The molecule has 0 amide bonds. The zero-order valence-corrected chi connectivity index (χ0v) is 10.7. The van der Waals surface area contributed by atoms with Gasteiger partial charge in [-0.05, 0) is 12.1 Å². The highest BCUT2D eigenvalue weighted by Crippen LogP contribution is 2.28. The smallest absolute Gasteiger partial charge is 0.326 e. The number of nitrogens with one attached hydrogen (secondary N) is 1. The van der Waals surface area contributed by atoms with Gasteiger partial charge in [0.1, 0.15) is 23.4 Å². The second-order valence-corrected chi connectivity index (χ2v) is 3.89. The Morgan fingerprint density at radius 2 is 2.35 bits per heavy atom. The van der Waals surface area contributed by atoms with Gasteiger partial charge in [0.05, 0.1) is 4.92 Å². The third-order valence-corrected chi connectivity index (χ3v) is 2.58. The molecule has 0 aliphatic carbocycles. The molecular weight excluding hydrogens is 266 g/mol. The fraction of sp³-hybridized carbons (Fsp3) is 0.333. The van der Waals surface area contributed by atoms with Crippen molar-refractivity contribution in [1.29, 1.82) is 5.26 Å². The van der Waals surface area contributed by atoms with Crippen LogP contribution in [0, 0.1) is 21.4 Å². The summed E-state index contributed by atoms with van der Waals surface area (Å²) in [5, 5.41) is 31.5. The monoisotopic (exact) mass is 279 g/mol. The first-order valence-corrected chi connectivity index (χ1v) is 5.67. The van der Waals surface area contributed by atoms with Crippen LogP contribution in [0.2, 0.25) is 0 Å². The standard InChI is InChI=1S/C12H13N3O5/c1-20-6-5-10(12(16)17)14-9-4-2-3-8(7-13)11(9)15(18)19/h2-4,10,14H,5-6H2,1H3,(H,16,17). The first-order chi connectivity index (χ1) is 9.51. The van der Waals surface area contributed by atoms with E-state index in [2.05, 4.69) is 5.32 Å². The van der Waals surface area contributed by atoms with Gasteiger partial charge in [0.2, 0.25) is 0 Å². The van der Waals surface area contributed by atoms with Crippen LogP contribution in [0.3, 0.4) is 0 Å². The number of hydrogen-bond acceptors (Lipinski definition) is 6. The zero-order chi connectivity index (χ0) is 15.1. The Bertz CT molecular complexity index is 553. The van der Waals surface area contributed by atoms with Crippen molar-refractivity contribution in [2.24, 2.45) is 0 Å². The number of nitrogens with zero attached hydrogens (tertiary/aromatic N) is 2. The van der Waals surface area contributed by atoms with E-state index in [0.29, 0.717) is 0 Å². The van der Waals surface area contributed by atoms with Crippen LogP contribution in [-0.2, 0) is 9.53 Å². The van der Waals surface area contributed by atoms with Crippen molar-refractivity contribution < 1.29 is 19.6 Å². The topological polar surface area (TPSA) is 125 Å². The van der Waals surface area contributed by atoms with Gasteiger partial charge in [-0.1, -0.05) is 6.07 Å². The van der Waals surface area contributed by atoms with Crippen molar-refractivity contribution in [3.8, 4) is 6.07 Å². The van der Waals surface area contributed by atoms with Gasteiger partial charge >= 0.3 is 11.7 Å². The first kappa shape index (κ1) is 15.4. The van der Waals surface area contributed by atoms with Gasteiger partial charge < -0.3 is 15.2 Å². The highest BCUT2D eigenvalue weighted by Gasteiger charge is 2.24. The van der Waals surface area contributed by atoms with Crippen LogP contribution in [0.5, 0.6) is 0 Å². The molecule has 8 heteroatoms. The molecule has 0 bridgehead atoms. The van der Waals surface area contributed by atoms with E-state index in [-0.39, 0.29) is 24.3 Å². The summed E-state index contributed by atoms with van der Waals surface area (Å²) in [5.41, 5.74) is -0.563. The molecule has 0 heterocycles. The lowest BCUT2D eigenvalue weighted by molar-refractivity contribution is -0.384. The summed E-state index contributed by atoms with van der Waals surface area (Å²) >= 11 is 0. The lowest BCUT2D eigenvalue weighted by atomic mass is 10.1.